The third kappa shape index (κ3) is 9.71. The third-order valence-corrected chi connectivity index (χ3v) is 8.12. The number of hydrogen-bond acceptors (Lipinski definition) is 1. The van der Waals surface area contributed by atoms with Gasteiger partial charge in [0, 0.05) is 30.1 Å². The average molecular weight is 509 g/mol. The molecule has 0 spiro atoms. The Balaban J connectivity index is 3.73. The van der Waals surface area contributed by atoms with Gasteiger partial charge in [-0.3, -0.25) is 4.99 Å². The molecule has 1 rings (SSSR count). The van der Waals surface area contributed by atoms with Crippen LogP contribution < -0.4 is 0 Å². The molecule has 0 aliphatic rings. The number of nitrogens with zero attached hydrogens (tertiary/aromatic N) is 2. The second kappa shape index (κ2) is 17.4. The van der Waals surface area contributed by atoms with Gasteiger partial charge in [0.15, 0.2) is 0 Å². The first-order valence-electron chi connectivity index (χ1n) is 14.5. The first kappa shape index (κ1) is 31.9. The highest BCUT2D eigenvalue weighted by atomic mass is 35.5. The van der Waals surface area contributed by atoms with Crippen molar-refractivity contribution in [1.82, 2.24) is 4.90 Å². The van der Waals surface area contributed by atoms with E-state index in [2.05, 4.69) is 59.4 Å². The molecule has 3 atom stereocenters. The summed E-state index contributed by atoms with van der Waals surface area (Å²) in [5.74, 6) is 1.77. The molecule has 0 aromatic heterocycles. The molecule has 0 N–H and O–H groups in total. The molecule has 0 bridgehead atoms. The van der Waals surface area contributed by atoms with E-state index in [0.29, 0.717) is 16.9 Å². The van der Waals surface area contributed by atoms with E-state index in [9.17, 15) is 4.39 Å². The molecule has 0 aliphatic heterocycles. The number of unbranched alkanes of at least 4 members (excludes halogenated alkanes) is 4. The van der Waals surface area contributed by atoms with Crippen molar-refractivity contribution in [2.75, 3.05) is 19.6 Å². The Labute approximate surface area is 222 Å². The highest BCUT2D eigenvalue weighted by Crippen LogP contribution is 2.47. The van der Waals surface area contributed by atoms with Crippen molar-refractivity contribution in [3.63, 3.8) is 0 Å². The second-order valence-electron chi connectivity index (χ2n) is 10.5. The minimum absolute atomic E-state index is 0.178. The number of halogens is 2. The summed E-state index contributed by atoms with van der Waals surface area (Å²) >= 11 is 6.52. The van der Waals surface area contributed by atoms with Crippen LogP contribution in [0.5, 0.6) is 0 Å². The van der Waals surface area contributed by atoms with E-state index < -0.39 is 0 Å². The van der Waals surface area contributed by atoms with Crippen molar-refractivity contribution in [2.24, 2.45) is 16.8 Å². The minimum Gasteiger partial charge on any atom is -0.360 e. The maximum atomic E-state index is 14.9. The maximum absolute atomic E-state index is 14.9. The second-order valence-corrected chi connectivity index (χ2v) is 11.0. The normalized spacial score (nSPS) is 15.6. The van der Waals surface area contributed by atoms with Crippen molar-refractivity contribution in [1.29, 1.82) is 0 Å². The maximum Gasteiger partial charge on any atom is 0.124 e. The van der Waals surface area contributed by atoms with Crippen LogP contribution in [0, 0.1) is 17.7 Å². The van der Waals surface area contributed by atoms with E-state index in [-0.39, 0.29) is 11.2 Å². The first-order valence-corrected chi connectivity index (χ1v) is 14.9. The molecule has 0 saturated carbocycles. The number of amidine groups is 1. The zero-order valence-electron chi connectivity index (χ0n) is 23.9. The van der Waals surface area contributed by atoms with Gasteiger partial charge >= 0.3 is 0 Å². The van der Waals surface area contributed by atoms with Gasteiger partial charge in [-0.2, -0.15) is 0 Å². The fraction of sp³-hybridized carbons (Fsp3) is 0.774. The standard InChI is InChI=1S/C31H54ClFN2/c1-8-13-15-16-19-27(17-10-3)31(25(6)18-14-9-2,28-21-29(32)23-30(33)22-28)24-35(12-5)26(7)34-20-11-4/h21-23,25,27H,8-20,24H2,1-7H3/t25-,27?,31?/m0/s1. The van der Waals surface area contributed by atoms with Crippen molar-refractivity contribution in [2.45, 2.75) is 125 Å². The SMILES string of the molecule is CCCCCCC(CCC)C(CN(CC)C(C)=NCCC)(c1cc(F)cc(Cl)c1)[C@@H](C)CCCC. The van der Waals surface area contributed by atoms with Crippen LogP contribution in [-0.2, 0) is 5.41 Å². The van der Waals surface area contributed by atoms with Gasteiger partial charge in [0.25, 0.3) is 0 Å². The van der Waals surface area contributed by atoms with E-state index in [1.807, 2.05) is 0 Å². The van der Waals surface area contributed by atoms with E-state index in [1.54, 1.807) is 6.07 Å². The summed E-state index contributed by atoms with van der Waals surface area (Å²) in [6.45, 7) is 18.4. The molecular formula is C31H54ClFN2. The van der Waals surface area contributed by atoms with Crippen molar-refractivity contribution >= 4 is 17.4 Å². The number of benzene rings is 1. The van der Waals surface area contributed by atoms with E-state index in [0.717, 1.165) is 56.7 Å². The zero-order chi connectivity index (χ0) is 26.3. The van der Waals surface area contributed by atoms with Gasteiger partial charge in [-0.25, -0.2) is 4.39 Å². The molecule has 0 fully saturated rings. The summed E-state index contributed by atoms with van der Waals surface area (Å²) in [4.78, 5) is 7.33. The van der Waals surface area contributed by atoms with Crippen molar-refractivity contribution < 1.29 is 4.39 Å². The van der Waals surface area contributed by atoms with Gasteiger partial charge in [-0.15, -0.1) is 0 Å². The first-order chi connectivity index (χ1) is 16.8. The van der Waals surface area contributed by atoms with Crippen LogP contribution in [0.15, 0.2) is 23.2 Å². The van der Waals surface area contributed by atoms with Crippen LogP contribution in [0.3, 0.4) is 0 Å². The van der Waals surface area contributed by atoms with Crippen molar-refractivity contribution in [3.05, 3.63) is 34.6 Å². The van der Waals surface area contributed by atoms with Crippen molar-refractivity contribution in [3.8, 4) is 0 Å². The average Bonchev–Trinajstić information content (AvgIpc) is 2.83. The predicted octanol–water partition coefficient (Wildman–Crippen LogP) is 10.1. The van der Waals surface area contributed by atoms with Crippen LogP contribution in [-0.4, -0.2) is 30.4 Å². The van der Waals surface area contributed by atoms with Crippen LogP contribution in [0.2, 0.25) is 5.02 Å². The Morgan fingerprint density at radius 3 is 2.20 bits per heavy atom. The molecule has 0 aliphatic carbocycles. The molecule has 4 heteroatoms. The molecule has 202 valence electrons. The fourth-order valence-corrected chi connectivity index (χ4v) is 6.08. The van der Waals surface area contributed by atoms with Gasteiger partial charge in [0.05, 0.1) is 5.84 Å². The lowest BCUT2D eigenvalue weighted by Gasteiger charge is -2.49. The highest BCUT2D eigenvalue weighted by molar-refractivity contribution is 6.30. The lowest BCUT2D eigenvalue weighted by atomic mass is 9.59. The van der Waals surface area contributed by atoms with Gasteiger partial charge in [0.2, 0.25) is 0 Å². The monoisotopic (exact) mass is 508 g/mol. The zero-order valence-corrected chi connectivity index (χ0v) is 24.7. The van der Waals surface area contributed by atoms with Crippen LogP contribution >= 0.6 is 11.6 Å². The lowest BCUT2D eigenvalue weighted by molar-refractivity contribution is 0.112. The van der Waals surface area contributed by atoms with Gasteiger partial charge in [-0.1, -0.05) is 91.2 Å². The van der Waals surface area contributed by atoms with E-state index in [4.69, 9.17) is 16.6 Å². The molecule has 0 amide bonds. The lowest BCUT2D eigenvalue weighted by Crippen LogP contribution is -2.52. The Morgan fingerprint density at radius 2 is 1.63 bits per heavy atom. The Morgan fingerprint density at radius 1 is 0.914 bits per heavy atom. The van der Waals surface area contributed by atoms with Gasteiger partial charge < -0.3 is 4.90 Å². The van der Waals surface area contributed by atoms with Gasteiger partial charge in [0.1, 0.15) is 5.82 Å². The molecule has 1 aromatic rings. The topological polar surface area (TPSA) is 15.6 Å². The molecule has 1 aromatic carbocycles. The van der Waals surface area contributed by atoms with E-state index in [1.165, 1.54) is 51.0 Å². The number of hydrogen-bond donors (Lipinski definition) is 0. The molecule has 2 unspecified atom stereocenters. The summed E-state index contributed by atoms with van der Waals surface area (Å²) in [6, 6.07) is 5.30. The molecular weight excluding hydrogens is 455 g/mol. The summed E-state index contributed by atoms with van der Waals surface area (Å²) in [5, 5.41) is 0.507. The molecule has 0 heterocycles. The Bertz CT molecular complexity index is 714. The van der Waals surface area contributed by atoms with Crippen LogP contribution in [0.1, 0.15) is 125 Å². The van der Waals surface area contributed by atoms with Crippen LogP contribution in [0.4, 0.5) is 4.39 Å². The third-order valence-electron chi connectivity index (χ3n) is 7.90. The van der Waals surface area contributed by atoms with Gasteiger partial charge in [-0.05, 0) is 75.1 Å². The Hall–Kier alpha value is -1.09. The molecule has 0 radical (unpaired) electrons. The highest BCUT2D eigenvalue weighted by Gasteiger charge is 2.45. The Kier molecular flexibility index (Phi) is 15.9. The van der Waals surface area contributed by atoms with E-state index >= 15 is 0 Å². The summed E-state index contributed by atoms with van der Waals surface area (Å²) in [6.07, 6.45) is 13.1. The minimum atomic E-state index is -0.222. The molecule has 35 heavy (non-hydrogen) atoms. The number of rotatable bonds is 18. The smallest absolute Gasteiger partial charge is 0.124 e. The quantitative estimate of drug-likeness (QED) is 0.109. The number of likely N-dealkylation sites (N-methyl/N-ethyl adjacent to an activating group) is 1. The summed E-state index contributed by atoms with van der Waals surface area (Å²) in [7, 11) is 0. The summed E-state index contributed by atoms with van der Waals surface area (Å²) < 4.78 is 14.9. The molecule has 2 nitrogen and oxygen atoms in total. The largest absolute Gasteiger partial charge is 0.360 e. The summed E-state index contributed by atoms with van der Waals surface area (Å²) in [5.41, 5.74) is 0.907. The molecule has 0 saturated heterocycles. The van der Waals surface area contributed by atoms with Crippen LogP contribution in [0.25, 0.3) is 0 Å². The predicted molar refractivity (Wildman–Crippen MR) is 154 cm³/mol. The fourth-order valence-electron chi connectivity index (χ4n) is 5.86. The number of aliphatic imine (C=N–C) groups is 1.